The molecular weight excluding hydrogens is 364 g/mol. The van der Waals surface area contributed by atoms with E-state index in [2.05, 4.69) is 18.0 Å². The number of carbonyl (C=O) groups excluding carboxylic acids is 2. The first-order valence-electron chi connectivity index (χ1n) is 8.45. The van der Waals surface area contributed by atoms with Gasteiger partial charge in [-0.05, 0) is 31.5 Å². The molecule has 1 amide bonds. The largest absolute Gasteiger partial charge is 0.494 e. The predicted octanol–water partition coefficient (Wildman–Crippen LogP) is 3.13. The van der Waals surface area contributed by atoms with Crippen LogP contribution in [0, 0.1) is 17.2 Å². The third kappa shape index (κ3) is 4.72. The minimum absolute atomic E-state index is 0.334. The summed E-state index contributed by atoms with van der Waals surface area (Å²) in [4.78, 5) is 25.0. The molecule has 1 N–H and O–H groups in total. The molecule has 0 bridgehead atoms. The fourth-order valence-electron chi connectivity index (χ4n) is 2.81. The van der Waals surface area contributed by atoms with Gasteiger partial charge in [0.1, 0.15) is 11.7 Å². The number of thioether (sulfide) groups is 1. The topological polar surface area (TPSA) is 88.4 Å². The number of methoxy groups -OCH3 is 1. The first-order chi connectivity index (χ1) is 12.9. The van der Waals surface area contributed by atoms with Gasteiger partial charge in [-0.1, -0.05) is 24.3 Å². The van der Waals surface area contributed by atoms with E-state index < -0.39 is 23.7 Å². The Morgan fingerprint density at radius 3 is 2.56 bits per heavy atom. The molecule has 1 aliphatic rings. The molecule has 6 nitrogen and oxygen atoms in total. The second-order valence-corrected chi connectivity index (χ2v) is 7.06. The van der Waals surface area contributed by atoms with Crippen molar-refractivity contribution in [2.45, 2.75) is 19.8 Å². The molecule has 0 aliphatic carbocycles. The van der Waals surface area contributed by atoms with Crippen LogP contribution < -0.4 is 10.1 Å². The number of nitriles is 1. The van der Waals surface area contributed by atoms with Crippen molar-refractivity contribution in [1.29, 1.82) is 5.26 Å². The molecule has 0 radical (unpaired) electrons. The molecule has 0 saturated heterocycles. The summed E-state index contributed by atoms with van der Waals surface area (Å²) in [5, 5.41) is 12.9. The summed E-state index contributed by atoms with van der Waals surface area (Å²) >= 11 is 1.32. The Morgan fingerprint density at radius 2 is 2.04 bits per heavy atom. The number of carbonyl (C=O) groups is 2. The summed E-state index contributed by atoms with van der Waals surface area (Å²) in [7, 11) is 1.23. The Morgan fingerprint density at radius 1 is 1.37 bits per heavy atom. The maximum atomic E-state index is 12.6. The zero-order valence-corrected chi connectivity index (χ0v) is 16.4. The standard InChI is InChI=1S/C20H22N2O4S/c1-5-26-14-8-6-13(7-9-14)16-15(10-21)19(27-11-12(2)3)22-18(23)17(16)20(24)25-4/h6-9,16-17H,2,5,11H2,1,3-4H3,(H,22,23)/t16-,17-/m1/s1. The van der Waals surface area contributed by atoms with Crippen LogP contribution in [0.3, 0.4) is 0 Å². The van der Waals surface area contributed by atoms with Crippen LogP contribution in [0.4, 0.5) is 0 Å². The summed E-state index contributed by atoms with van der Waals surface area (Å²) in [6, 6.07) is 9.22. The number of nitrogens with zero attached hydrogens (tertiary/aromatic N) is 1. The Labute approximate surface area is 163 Å². The van der Waals surface area contributed by atoms with Gasteiger partial charge < -0.3 is 14.8 Å². The molecule has 142 valence electrons. The van der Waals surface area contributed by atoms with E-state index in [1.54, 1.807) is 24.3 Å². The van der Waals surface area contributed by atoms with Gasteiger partial charge >= 0.3 is 5.97 Å². The number of nitrogens with one attached hydrogen (secondary N) is 1. The van der Waals surface area contributed by atoms with Gasteiger partial charge in [-0.3, -0.25) is 9.59 Å². The van der Waals surface area contributed by atoms with Gasteiger partial charge in [0, 0.05) is 11.7 Å². The van der Waals surface area contributed by atoms with Crippen LogP contribution in [-0.2, 0) is 14.3 Å². The molecular formula is C20H22N2O4S. The third-order valence-corrected chi connectivity index (χ3v) is 5.24. The molecule has 2 rings (SSSR count). The second-order valence-electron chi connectivity index (χ2n) is 6.07. The summed E-state index contributed by atoms with van der Waals surface area (Å²) in [5.74, 6) is -1.78. The Bertz CT molecular complexity index is 808. The summed E-state index contributed by atoms with van der Waals surface area (Å²) in [6.45, 7) is 8.12. The minimum atomic E-state index is -1.13. The summed E-state index contributed by atoms with van der Waals surface area (Å²) in [5.41, 5.74) is 1.92. The molecule has 1 aliphatic heterocycles. The lowest BCUT2D eigenvalue weighted by molar-refractivity contribution is -0.150. The number of rotatable bonds is 7. The summed E-state index contributed by atoms with van der Waals surface area (Å²) < 4.78 is 10.3. The van der Waals surface area contributed by atoms with Crippen molar-refractivity contribution in [2.75, 3.05) is 19.5 Å². The monoisotopic (exact) mass is 386 g/mol. The first kappa shape index (κ1) is 20.6. The maximum Gasteiger partial charge on any atom is 0.319 e. The van der Waals surface area contributed by atoms with Crippen molar-refractivity contribution < 1.29 is 19.1 Å². The van der Waals surface area contributed by atoms with E-state index in [-0.39, 0.29) is 0 Å². The van der Waals surface area contributed by atoms with Gasteiger partial charge in [0.15, 0.2) is 0 Å². The highest BCUT2D eigenvalue weighted by atomic mass is 32.2. The Hall–Kier alpha value is -2.72. The van der Waals surface area contributed by atoms with Gasteiger partial charge in [0.25, 0.3) is 0 Å². The lowest BCUT2D eigenvalue weighted by atomic mass is 9.78. The van der Waals surface area contributed by atoms with Crippen LogP contribution in [0.2, 0.25) is 0 Å². The summed E-state index contributed by atoms with van der Waals surface area (Å²) in [6.07, 6.45) is 0. The van der Waals surface area contributed by atoms with Crippen molar-refractivity contribution >= 4 is 23.6 Å². The van der Waals surface area contributed by atoms with Crippen molar-refractivity contribution in [2.24, 2.45) is 5.92 Å². The number of amides is 1. The SMILES string of the molecule is C=C(C)CSC1=C(C#N)[C@@H](c2ccc(OCC)cc2)[C@@H](C(=O)OC)C(=O)N1. The minimum Gasteiger partial charge on any atom is -0.494 e. The van der Waals surface area contributed by atoms with E-state index in [1.165, 1.54) is 18.9 Å². The Kier molecular flexibility index (Phi) is 7.08. The Balaban J connectivity index is 2.53. The quantitative estimate of drug-likeness (QED) is 0.440. The van der Waals surface area contributed by atoms with E-state index in [9.17, 15) is 14.9 Å². The molecule has 1 aromatic carbocycles. The van der Waals surface area contributed by atoms with Crippen molar-refractivity contribution in [3.05, 3.63) is 52.6 Å². The highest BCUT2D eigenvalue weighted by molar-refractivity contribution is 8.03. The van der Waals surface area contributed by atoms with Crippen LogP contribution in [0.25, 0.3) is 0 Å². The fraction of sp³-hybridized carbons (Fsp3) is 0.350. The number of hydrogen-bond acceptors (Lipinski definition) is 6. The highest BCUT2D eigenvalue weighted by Crippen LogP contribution is 2.40. The smallest absolute Gasteiger partial charge is 0.319 e. The second kappa shape index (κ2) is 9.28. The molecule has 0 fully saturated rings. The molecule has 27 heavy (non-hydrogen) atoms. The van der Waals surface area contributed by atoms with Crippen LogP contribution in [0.5, 0.6) is 5.75 Å². The van der Waals surface area contributed by atoms with Crippen LogP contribution in [0.1, 0.15) is 25.3 Å². The van der Waals surface area contributed by atoms with Gasteiger partial charge in [0.05, 0.1) is 30.4 Å². The first-order valence-corrected chi connectivity index (χ1v) is 9.44. The van der Waals surface area contributed by atoms with Crippen molar-refractivity contribution in [1.82, 2.24) is 5.32 Å². The fourth-order valence-corrected chi connectivity index (χ4v) is 3.70. The zero-order chi connectivity index (χ0) is 20.0. The molecule has 2 atom stereocenters. The molecule has 0 unspecified atom stereocenters. The number of allylic oxidation sites excluding steroid dienone is 1. The van der Waals surface area contributed by atoms with Crippen molar-refractivity contribution in [3.8, 4) is 11.8 Å². The number of esters is 1. The molecule has 7 heteroatoms. The van der Waals surface area contributed by atoms with E-state index >= 15 is 0 Å². The number of benzene rings is 1. The van der Waals surface area contributed by atoms with Crippen LogP contribution >= 0.6 is 11.8 Å². The number of ether oxygens (including phenoxy) is 2. The lowest BCUT2D eigenvalue weighted by Gasteiger charge is -2.31. The molecule has 1 heterocycles. The van der Waals surface area contributed by atoms with Gasteiger partial charge in [0.2, 0.25) is 5.91 Å². The predicted molar refractivity (Wildman–Crippen MR) is 104 cm³/mol. The molecule has 1 aromatic rings. The van der Waals surface area contributed by atoms with E-state index in [4.69, 9.17) is 9.47 Å². The third-order valence-electron chi connectivity index (χ3n) is 4.00. The maximum absolute atomic E-state index is 12.6. The highest BCUT2D eigenvalue weighted by Gasteiger charge is 2.44. The van der Waals surface area contributed by atoms with Crippen molar-refractivity contribution in [3.63, 3.8) is 0 Å². The van der Waals surface area contributed by atoms with E-state index in [1.807, 2.05) is 13.8 Å². The van der Waals surface area contributed by atoms with E-state index in [0.29, 0.717) is 34.3 Å². The van der Waals surface area contributed by atoms with Crippen LogP contribution in [0.15, 0.2) is 47.0 Å². The van der Waals surface area contributed by atoms with E-state index in [0.717, 1.165) is 5.57 Å². The van der Waals surface area contributed by atoms with Gasteiger partial charge in [-0.2, -0.15) is 5.26 Å². The zero-order valence-electron chi connectivity index (χ0n) is 15.6. The number of hydrogen-bond donors (Lipinski definition) is 1. The molecule has 0 spiro atoms. The lowest BCUT2D eigenvalue weighted by Crippen LogP contribution is -2.44. The van der Waals surface area contributed by atoms with Gasteiger partial charge in [-0.25, -0.2) is 0 Å². The average Bonchev–Trinajstić information content (AvgIpc) is 2.66. The normalized spacial score (nSPS) is 19.1. The van der Waals surface area contributed by atoms with Crippen LogP contribution in [-0.4, -0.2) is 31.3 Å². The molecule has 0 aromatic heterocycles. The van der Waals surface area contributed by atoms with Gasteiger partial charge in [-0.15, -0.1) is 11.8 Å². The molecule has 0 saturated carbocycles. The average molecular weight is 386 g/mol.